The standard InChI is InChI=1S/C21H25N3OS2/c1-3-11-24-20(25)18-16-9-4-5-10-17(16)27-19(18)23-21(24)22-15-8-6-7-14(12-15)13-26-2/h6-8,12H,3-5,9-11,13H2,1-2H3,(H,22,23). The molecule has 2 heterocycles. The second-order valence-corrected chi connectivity index (χ2v) is 8.99. The quantitative estimate of drug-likeness (QED) is 0.607. The minimum Gasteiger partial charge on any atom is -0.325 e. The Bertz CT molecular complexity index is 1020. The number of aryl methyl sites for hydroxylation is 2. The van der Waals surface area contributed by atoms with E-state index in [1.807, 2.05) is 10.6 Å². The molecule has 3 aromatic rings. The maximum atomic E-state index is 13.3. The van der Waals surface area contributed by atoms with Crippen LogP contribution in [0.4, 0.5) is 11.6 Å². The lowest BCUT2D eigenvalue weighted by atomic mass is 9.97. The molecule has 0 radical (unpaired) electrons. The maximum absolute atomic E-state index is 13.3. The highest BCUT2D eigenvalue weighted by molar-refractivity contribution is 7.97. The van der Waals surface area contributed by atoms with E-state index in [-0.39, 0.29) is 5.56 Å². The van der Waals surface area contributed by atoms with E-state index in [1.165, 1.54) is 28.8 Å². The van der Waals surface area contributed by atoms with E-state index in [0.29, 0.717) is 12.5 Å². The van der Waals surface area contributed by atoms with Gasteiger partial charge in [-0.2, -0.15) is 11.8 Å². The molecule has 142 valence electrons. The van der Waals surface area contributed by atoms with Crippen molar-refractivity contribution >= 4 is 45.0 Å². The number of benzene rings is 1. The van der Waals surface area contributed by atoms with Crippen molar-refractivity contribution < 1.29 is 0 Å². The van der Waals surface area contributed by atoms with Gasteiger partial charge in [0.25, 0.3) is 5.56 Å². The van der Waals surface area contributed by atoms with E-state index in [9.17, 15) is 4.79 Å². The molecule has 6 heteroatoms. The Morgan fingerprint density at radius 2 is 2.15 bits per heavy atom. The highest BCUT2D eigenvalue weighted by Crippen LogP contribution is 2.34. The lowest BCUT2D eigenvalue weighted by Gasteiger charge is -2.15. The monoisotopic (exact) mass is 399 g/mol. The van der Waals surface area contributed by atoms with Crippen LogP contribution in [0.1, 0.15) is 42.2 Å². The number of thiophene rings is 1. The third-order valence-electron chi connectivity index (χ3n) is 5.02. The van der Waals surface area contributed by atoms with Crippen molar-refractivity contribution in [3.05, 3.63) is 50.6 Å². The molecule has 0 spiro atoms. The number of aromatic nitrogens is 2. The number of anilines is 2. The normalized spacial score (nSPS) is 13.7. The molecule has 1 aromatic carbocycles. The van der Waals surface area contributed by atoms with Crippen LogP contribution in [0.25, 0.3) is 10.2 Å². The molecule has 27 heavy (non-hydrogen) atoms. The summed E-state index contributed by atoms with van der Waals surface area (Å²) in [5, 5.41) is 4.28. The van der Waals surface area contributed by atoms with E-state index < -0.39 is 0 Å². The second-order valence-electron chi connectivity index (χ2n) is 7.04. The van der Waals surface area contributed by atoms with E-state index in [4.69, 9.17) is 4.98 Å². The summed E-state index contributed by atoms with van der Waals surface area (Å²) in [6.45, 7) is 2.78. The summed E-state index contributed by atoms with van der Waals surface area (Å²) in [7, 11) is 0. The summed E-state index contributed by atoms with van der Waals surface area (Å²) < 4.78 is 1.82. The Morgan fingerprint density at radius 3 is 2.96 bits per heavy atom. The van der Waals surface area contributed by atoms with Crippen molar-refractivity contribution in [3.63, 3.8) is 0 Å². The zero-order chi connectivity index (χ0) is 18.8. The molecule has 0 saturated heterocycles. The second kappa shape index (κ2) is 8.07. The van der Waals surface area contributed by atoms with Crippen LogP contribution in [0.5, 0.6) is 0 Å². The fraction of sp³-hybridized carbons (Fsp3) is 0.429. The molecule has 0 unspecified atom stereocenters. The third kappa shape index (κ3) is 3.65. The molecule has 0 atom stereocenters. The summed E-state index contributed by atoms with van der Waals surface area (Å²) >= 11 is 3.51. The molecule has 1 N–H and O–H groups in total. The topological polar surface area (TPSA) is 46.9 Å². The number of nitrogens with one attached hydrogen (secondary N) is 1. The Balaban J connectivity index is 1.81. The molecule has 0 saturated carbocycles. The number of hydrogen-bond donors (Lipinski definition) is 1. The van der Waals surface area contributed by atoms with Gasteiger partial charge in [0.05, 0.1) is 5.39 Å². The van der Waals surface area contributed by atoms with Crippen LogP contribution in [0.3, 0.4) is 0 Å². The van der Waals surface area contributed by atoms with Crippen LogP contribution in [-0.2, 0) is 25.1 Å². The van der Waals surface area contributed by atoms with Gasteiger partial charge >= 0.3 is 0 Å². The molecule has 4 rings (SSSR count). The van der Waals surface area contributed by atoms with E-state index in [1.54, 1.807) is 23.1 Å². The van der Waals surface area contributed by atoms with Gasteiger partial charge in [0, 0.05) is 22.9 Å². The van der Waals surface area contributed by atoms with Gasteiger partial charge in [-0.3, -0.25) is 9.36 Å². The van der Waals surface area contributed by atoms with Crippen molar-refractivity contribution in [1.82, 2.24) is 9.55 Å². The Hall–Kier alpha value is -1.79. The van der Waals surface area contributed by atoms with Crippen molar-refractivity contribution in [2.45, 2.75) is 51.3 Å². The van der Waals surface area contributed by atoms with Gasteiger partial charge in [-0.05, 0) is 61.6 Å². The summed E-state index contributed by atoms with van der Waals surface area (Å²) in [6, 6.07) is 8.36. The molecule has 1 aliphatic carbocycles. The fourth-order valence-corrected chi connectivity index (χ4v) is 5.56. The molecular weight excluding hydrogens is 374 g/mol. The summed E-state index contributed by atoms with van der Waals surface area (Å²) in [4.78, 5) is 20.5. The first kappa shape index (κ1) is 18.6. The summed E-state index contributed by atoms with van der Waals surface area (Å²) in [5.41, 5.74) is 3.63. The highest BCUT2D eigenvalue weighted by Gasteiger charge is 2.22. The first-order chi connectivity index (χ1) is 13.2. The van der Waals surface area contributed by atoms with Gasteiger partial charge in [-0.15, -0.1) is 11.3 Å². The van der Waals surface area contributed by atoms with Gasteiger partial charge in [-0.1, -0.05) is 19.1 Å². The first-order valence-electron chi connectivity index (χ1n) is 9.61. The molecular formula is C21H25N3OS2. The lowest BCUT2D eigenvalue weighted by molar-refractivity contribution is 0.655. The number of hydrogen-bond acceptors (Lipinski definition) is 5. The average Bonchev–Trinajstić information content (AvgIpc) is 3.04. The predicted octanol–water partition coefficient (Wildman–Crippen LogP) is 5.35. The van der Waals surface area contributed by atoms with Gasteiger partial charge in [0.2, 0.25) is 5.95 Å². The third-order valence-corrected chi connectivity index (χ3v) is 6.82. The van der Waals surface area contributed by atoms with Crippen LogP contribution >= 0.6 is 23.1 Å². The number of rotatable bonds is 6. The zero-order valence-electron chi connectivity index (χ0n) is 15.9. The van der Waals surface area contributed by atoms with Gasteiger partial charge in [0.1, 0.15) is 4.83 Å². The van der Waals surface area contributed by atoms with E-state index in [0.717, 1.165) is 40.9 Å². The first-order valence-corrected chi connectivity index (χ1v) is 11.8. The number of nitrogens with zero attached hydrogens (tertiary/aromatic N) is 2. The molecule has 1 aliphatic rings. The van der Waals surface area contributed by atoms with Gasteiger partial charge in [0.15, 0.2) is 0 Å². The zero-order valence-corrected chi connectivity index (χ0v) is 17.5. The average molecular weight is 400 g/mol. The number of thioether (sulfide) groups is 1. The van der Waals surface area contributed by atoms with Crippen LogP contribution in [0.2, 0.25) is 0 Å². The van der Waals surface area contributed by atoms with Crippen molar-refractivity contribution in [2.75, 3.05) is 11.6 Å². The molecule has 0 bridgehead atoms. The Labute approximate surface area is 168 Å². The SMILES string of the molecule is CCCn1c(Nc2cccc(CSC)c2)nc2sc3c(c2c1=O)CCCC3. The van der Waals surface area contributed by atoms with E-state index >= 15 is 0 Å². The van der Waals surface area contributed by atoms with Crippen molar-refractivity contribution in [1.29, 1.82) is 0 Å². The molecule has 0 fully saturated rings. The molecule has 4 nitrogen and oxygen atoms in total. The van der Waals surface area contributed by atoms with Crippen LogP contribution in [-0.4, -0.2) is 15.8 Å². The van der Waals surface area contributed by atoms with Gasteiger partial charge < -0.3 is 5.32 Å². The van der Waals surface area contributed by atoms with Gasteiger partial charge in [-0.25, -0.2) is 4.98 Å². The van der Waals surface area contributed by atoms with Crippen LogP contribution in [0, 0.1) is 0 Å². The van der Waals surface area contributed by atoms with Crippen LogP contribution in [0.15, 0.2) is 29.1 Å². The lowest BCUT2D eigenvalue weighted by Crippen LogP contribution is -2.24. The van der Waals surface area contributed by atoms with Crippen molar-refractivity contribution in [3.8, 4) is 0 Å². The number of fused-ring (bicyclic) bond motifs is 3. The fourth-order valence-electron chi connectivity index (χ4n) is 3.80. The van der Waals surface area contributed by atoms with Crippen LogP contribution < -0.4 is 10.9 Å². The van der Waals surface area contributed by atoms with E-state index in [2.05, 4.69) is 36.7 Å². The Morgan fingerprint density at radius 1 is 1.30 bits per heavy atom. The highest BCUT2D eigenvalue weighted by atomic mass is 32.2. The smallest absolute Gasteiger partial charge is 0.263 e. The summed E-state index contributed by atoms with van der Waals surface area (Å²) in [5.74, 6) is 1.63. The van der Waals surface area contributed by atoms with Crippen molar-refractivity contribution in [2.24, 2.45) is 0 Å². The summed E-state index contributed by atoms with van der Waals surface area (Å²) in [6.07, 6.45) is 7.50. The minimum atomic E-state index is 0.115. The minimum absolute atomic E-state index is 0.115. The predicted molar refractivity (Wildman–Crippen MR) is 118 cm³/mol. The maximum Gasteiger partial charge on any atom is 0.263 e. The molecule has 0 aliphatic heterocycles. The molecule has 2 aromatic heterocycles. The Kier molecular flexibility index (Phi) is 5.55. The largest absolute Gasteiger partial charge is 0.325 e. The molecule has 0 amide bonds.